The molecule has 2 nitrogen and oxygen atoms in total. The first-order chi connectivity index (χ1) is 5.25. The van der Waals surface area contributed by atoms with E-state index in [9.17, 15) is 4.79 Å². The number of aryl methyl sites for hydroxylation is 1. The predicted molar refractivity (Wildman–Crippen MR) is 43.4 cm³/mol. The summed E-state index contributed by atoms with van der Waals surface area (Å²) in [5.41, 5.74) is 1.57. The van der Waals surface area contributed by atoms with Gasteiger partial charge in [-0.1, -0.05) is 12.1 Å². The Bertz CT molecular complexity index is 268. The van der Waals surface area contributed by atoms with Gasteiger partial charge in [-0.3, -0.25) is 4.79 Å². The molecule has 1 N–H and O–H groups in total. The SMILES string of the molecule is CNC(=O)c1ccc[c]c1C. The van der Waals surface area contributed by atoms with Gasteiger partial charge in [-0.15, -0.1) is 0 Å². The van der Waals surface area contributed by atoms with E-state index in [0.717, 1.165) is 5.56 Å². The first-order valence-corrected chi connectivity index (χ1v) is 3.45. The van der Waals surface area contributed by atoms with Crippen LogP contribution in [0.4, 0.5) is 0 Å². The summed E-state index contributed by atoms with van der Waals surface area (Å²) >= 11 is 0. The Morgan fingerprint density at radius 3 is 2.91 bits per heavy atom. The van der Waals surface area contributed by atoms with Crippen LogP contribution in [0, 0.1) is 13.0 Å². The Hall–Kier alpha value is -1.31. The number of hydrogen-bond donors (Lipinski definition) is 1. The van der Waals surface area contributed by atoms with Crippen molar-refractivity contribution in [2.75, 3.05) is 7.05 Å². The summed E-state index contributed by atoms with van der Waals surface area (Å²) in [6.45, 7) is 1.87. The van der Waals surface area contributed by atoms with Crippen molar-refractivity contribution in [2.24, 2.45) is 0 Å². The summed E-state index contributed by atoms with van der Waals surface area (Å²) in [7, 11) is 1.62. The molecule has 0 aromatic heterocycles. The summed E-state index contributed by atoms with van der Waals surface area (Å²) in [5.74, 6) is -0.0562. The predicted octanol–water partition coefficient (Wildman–Crippen LogP) is 1.15. The summed E-state index contributed by atoms with van der Waals surface area (Å²) < 4.78 is 0. The van der Waals surface area contributed by atoms with Crippen molar-refractivity contribution in [3.05, 3.63) is 35.4 Å². The summed E-state index contributed by atoms with van der Waals surface area (Å²) in [6, 6.07) is 8.33. The van der Waals surface area contributed by atoms with Gasteiger partial charge in [0.15, 0.2) is 0 Å². The number of hydrogen-bond acceptors (Lipinski definition) is 1. The number of carbonyl (C=O) groups excluding carboxylic acids is 1. The third kappa shape index (κ3) is 1.58. The molecule has 2 heteroatoms. The average Bonchev–Trinajstić information content (AvgIpc) is 2.04. The van der Waals surface area contributed by atoms with Crippen LogP contribution in [0.3, 0.4) is 0 Å². The van der Waals surface area contributed by atoms with Crippen LogP contribution >= 0.6 is 0 Å². The van der Waals surface area contributed by atoms with Crippen LogP contribution in [0.5, 0.6) is 0 Å². The van der Waals surface area contributed by atoms with Crippen LogP contribution in [-0.2, 0) is 0 Å². The number of carbonyl (C=O) groups is 1. The molecule has 0 fully saturated rings. The summed E-state index contributed by atoms with van der Waals surface area (Å²) in [6.07, 6.45) is 0. The van der Waals surface area contributed by atoms with Gasteiger partial charge in [-0.05, 0) is 24.6 Å². The van der Waals surface area contributed by atoms with Gasteiger partial charge in [0.1, 0.15) is 0 Å². The van der Waals surface area contributed by atoms with Gasteiger partial charge in [0, 0.05) is 12.6 Å². The van der Waals surface area contributed by atoms with E-state index in [0.29, 0.717) is 5.56 Å². The van der Waals surface area contributed by atoms with Gasteiger partial charge in [0.05, 0.1) is 0 Å². The molecular weight excluding hydrogens is 138 g/mol. The minimum absolute atomic E-state index is 0.0562. The van der Waals surface area contributed by atoms with E-state index in [1.54, 1.807) is 25.2 Å². The monoisotopic (exact) mass is 148 g/mol. The first kappa shape index (κ1) is 7.79. The maximum absolute atomic E-state index is 11.1. The molecule has 0 aliphatic rings. The molecule has 0 heterocycles. The highest BCUT2D eigenvalue weighted by atomic mass is 16.1. The quantitative estimate of drug-likeness (QED) is 0.636. The molecule has 0 saturated carbocycles. The lowest BCUT2D eigenvalue weighted by molar-refractivity contribution is 0.0962. The van der Waals surface area contributed by atoms with Crippen LogP contribution in [0.1, 0.15) is 15.9 Å². The topological polar surface area (TPSA) is 29.1 Å². The zero-order valence-electron chi connectivity index (χ0n) is 6.64. The molecule has 1 aromatic carbocycles. The Kier molecular flexibility index (Phi) is 2.26. The Morgan fingerprint density at radius 1 is 1.64 bits per heavy atom. The lowest BCUT2D eigenvalue weighted by atomic mass is 10.1. The normalized spacial score (nSPS) is 9.27. The highest BCUT2D eigenvalue weighted by Crippen LogP contribution is 2.04. The van der Waals surface area contributed by atoms with Crippen molar-refractivity contribution in [1.82, 2.24) is 5.32 Å². The fourth-order valence-electron chi connectivity index (χ4n) is 0.901. The number of nitrogens with one attached hydrogen (secondary N) is 1. The van der Waals surface area contributed by atoms with E-state index < -0.39 is 0 Å². The van der Waals surface area contributed by atoms with E-state index in [-0.39, 0.29) is 5.91 Å². The van der Waals surface area contributed by atoms with Crippen molar-refractivity contribution >= 4 is 5.91 Å². The molecule has 1 radical (unpaired) electrons. The molecule has 0 saturated heterocycles. The molecule has 1 aromatic rings. The largest absolute Gasteiger partial charge is 0.355 e. The van der Waals surface area contributed by atoms with Crippen molar-refractivity contribution in [1.29, 1.82) is 0 Å². The molecule has 0 atom stereocenters. The number of benzene rings is 1. The lowest BCUT2D eigenvalue weighted by Crippen LogP contribution is -2.18. The maximum Gasteiger partial charge on any atom is 0.251 e. The summed E-state index contributed by atoms with van der Waals surface area (Å²) in [4.78, 5) is 11.1. The van der Waals surface area contributed by atoms with Gasteiger partial charge < -0.3 is 5.32 Å². The molecule has 0 unspecified atom stereocenters. The Balaban J connectivity index is 3.03. The van der Waals surface area contributed by atoms with E-state index in [2.05, 4.69) is 11.4 Å². The molecule has 0 bridgehead atoms. The fourth-order valence-corrected chi connectivity index (χ4v) is 0.901. The molecule has 0 aliphatic heterocycles. The van der Waals surface area contributed by atoms with Gasteiger partial charge in [0.2, 0.25) is 0 Å². The van der Waals surface area contributed by atoms with E-state index >= 15 is 0 Å². The first-order valence-electron chi connectivity index (χ1n) is 3.45. The second-order valence-corrected chi connectivity index (χ2v) is 2.29. The van der Waals surface area contributed by atoms with Crippen LogP contribution in [-0.4, -0.2) is 13.0 Å². The van der Waals surface area contributed by atoms with Crippen LogP contribution in [0.2, 0.25) is 0 Å². The van der Waals surface area contributed by atoms with Crippen molar-refractivity contribution in [2.45, 2.75) is 6.92 Å². The summed E-state index contributed by atoms with van der Waals surface area (Å²) in [5, 5.41) is 2.56. The molecule has 11 heavy (non-hydrogen) atoms. The molecule has 0 aliphatic carbocycles. The molecule has 1 amide bonds. The molecular formula is C9H10NO. The van der Waals surface area contributed by atoms with Crippen molar-refractivity contribution in [3.8, 4) is 0 Å². The zero-order chi connectivity index (χ0) is 8.27. The van der Waals surface area contributed by atoms with Crippen molar-refractivity contribution < 1.29 is 4.79 Å². The smallest absolute Gasteiger partial charge is 0.251 e. The van der Waals surface area contributed by atoms with E-state index in [1.165, 1.54) is 0 Å². The Morgan fingerprint density at radius 2 is 2.36 bits per heavy atom. The van der Waals surface area contributed by atoms with Crippen LogP contribution < -0.4 is 5.32 Å². The Labute approximate surface area is 66.2 Å². The van der Waals surface area contributed by atoms with Crippen LogP contribution in [0.15, 0.2) is 18.2 Å². The van der Waals surface area contributed by atoms with Crippen molar-refractivity contribution in [3.63, 3.8) is 0 Å². The van der Waals surface area contributed by atoms with Gasteiger partial charge in [0.25, 0.3) is 5.91 Å². The van der Waals surface area contributed by atoms with E-state index in [4.69, 9.17) is 0 Å². The van der Waals surface area contributed by atoms with Gasteiger partial charge in [-0.25, -0.2) is 0 Å². The highest BCUT2D eigenvalue weighted by Gasteiger charge is 2.03. The second-order valence-electron chi connectivity index (χ2n) is 2.29. The molecule has 0 spiro atoms. The standard InChI is InChI=1S/C9H10NO/c1-7-5-3-4-6-8(7)9(11)10-2/h3-4,6H,1-2H3,(H,10,11). The fraction of sp³-hybridized carbons (Fsp3) is 0.222. The third-order valence-corrected chi connectivity index (χ3v) is 1.53. The zero-order valence-corrected chi connectivity index (χ0v) is 6.64. The number of rotatable bonds is 1. The van der Waals surface area contributed by atoms with E-state index in [1.807, 2.05) is 6.92 Å². The number of amides is 1. The molecule has 57 valence electrons. The highest BCUT2D eigenvalue weighted by molar-refractivity contribution is 5.95. The maximum atomic E-state index is 11.1. The second kappa shape index (κ2) is 3.19. The minimum atomic E-state index is -0.0562. The minimum Gasteiger partial charge on any atom is -0.355 e. The van der Waals surface area contributed by atoms with Gasteiger partial charge >= 0.3 is 0 Å². The van der Waals surface area contributed by atoms with Gasteiger partial charge in [-0.2, -0.15) is 0 Å². The lowest BCUT2D eigenvalue weighted by Gasteiger charge is -2.01. The van der Waals surface area contributed by atoms with Crippen LogP contribution in [0.25, 0.3) is 0 Å². The third-order valence-electron chi connectivity index (χ3n) is 1.53. The average molecular weight is 148 g/mol. The molecule has 1 rings (SSSR count).